The van der Waals surface area contributed by atoms with Gasteiger partial charge in [-0.3, -0.25) is 0 Å². The van der Waals surface area contributed by atoms with Crippen LogP contribution in [0, 0.1) is 5.92 Å². The van der Waals surface area contributed by atoms with Gasteiger partial charge in [0, 0.05) is 18.3 Å². The highest BCUT2D eigenvalue weighted by Gasteiger charge is 2.19. The van der Waals surface area contributed by atoms with Crippen LogP contribution >= 0.6 is 0 Å². The molecule has 0 aliphatic rings. The average molecular weight is 812 g/mol. The minimum atomic E-state index is 0.688. The molecule has 0 heterocycles. The molecule has 0 bridgehead atoms. The zero-order chi connectivity index (χ0) is 42.6. The van der Waals surface area contributed by atoms with Crippen molar-refractivity contribution in [3.63, 3.8) is 0 Å². The predicted molar refractivity (Wildman–Crippen MR) is 267 cm³/mol. The molecule has 0 N–H and O–H groups in total. The van der Waals surface area contributed by atoms with Crippen molar-refractivity contribution in [2.24, 2.45) is 5.92 Å². The molecule has 2 heteroatoms. The van der Waals surface area contributed by atoms with Gasteiger partial charge in [0.2, 0.25) is 0 Å². The molecule has 0 saturated carbocycles. The van der Waals surface area contributed by atoms with Crippen molar-refractivity contribution in [1.29, 1.82) is 0 Å². The fourth-order valence-corrected chi connectivity index (χ4v) is 9.34. The maximum absolute atomic E-state index is 4.82. The maximum Gasteiger partial charge on any atom is 0.0286 e. The maximum atomic E-state index is 4.82. The molecular formula is C56H110N2. The summed E-state index contributed by atoms with van der Waals surface area (Å²) in [5.74, 6) is 0.937. The molecule has 0 aromatic heterocycles. The largest absolute Gasteiger partial charge is 0.372 e. The lowest BCUT2D eigenvalue weighted by molar-refractivity contribution is 0.206. The van der Waals surface area contributed by atoms with Crippen LogP contribution in [-0.2, 0) is 0 Å². The van der Waals surface area contributed by atoms with E-state index in [1.807, 2.05) is 0 Å². The summed E-state index contributed by atoms with van der Waals surface area (Å²) < 4.78 is 0. The number of allylic oxidation sites excluding steroid dienone is 3. The van der Waals surface area contributed by atoms with Crippen molar-refractivity contribution in [2.75, 3.05) is 26.2 Å². The van der Waals surface area contributed by atoms with E-state index in [1.165, 1.54) is 288 Å². The van der Waals surface area contributed by atoms with Crippen LogP contribution in [0.4, 0.5) is 0 Å². The lowest BCUT2D eigenvalue weighted by Crippen LogP contribution is -2.35. The van der Waals surface area contributed by atoms with Crippen LogP contribution < -0.4 is 0 Å². The summed E-state index contributed by atoms with van der Waals surface area (Å²) in [6.07, 6.45) is 55.7. The third-order valence-electron chi connectivity index (χ3n) is 13.5. The number of unbranched alkanes of at least 4 members (excludes halogenated alkanes) is 25. The highest BCUT2D eigenvalue weighted by atomic mass is 15.2. The minimum Gasteiger partial charge on any atom is -0.372 e. The van der Waals surface area contributed by atoms with E-state index in [4.69, 9.17) is 6.58 Å². The van der Waals surface area contributed by atoms with Crippen LogP contribution in [0.15, 0.2) is 37.1 Å². The van der Waals surface area contributed by atoms with Gasteiger partial charge in [-0.05, 0) is 103 Å². The second-order valence-electron chi connectivity index (χ2n) is 18.9. The van der Waals surface area contributed by atoms with Crippen LogP contribution in [-0.4, -0.2) is 42.0 Å². The number of rotatable bonds is 49. The quantitative estimate of drug-likeness (QED) is 0.0446. The van der Waals surface area contributed by atoms with Crippen molar-refractivity contribution < 1.29 is 0 Å². The highest BCUT2D eigenvalue weighted by molar-refractivity contribution is 4.97. The van der Waals surface area contributed by atoms with Gasteiger partial charge < -0.3 is 9.80 Å². The minimum absolute atomic E-state index is 0.688. The molecule has 0 aliphatic heterocycles. The molecule has 0 radical (unpaired) electrons. The highest BCUT2D eigenvalue weighted by Crippen LogP contribution is 2.27. The van der Waals surface area contributed by atoms with E-state index in [0.717, 1.165) is 5.92 Å². The zero-order valence-corrected chi connectivity index (χ0v) is 41.2. The third kappa shape index (κ3) is 36.8. The van der Waals surface area contributed by atoms with Gasteiger partial charge in [0.15, 0.2) is 0 Å². The van der Waals surface area contributed by atoms with Gasteiger partial charge in [0.05, 0.1) is 0 Å². The number of hydrogen-bond acceptors (Lipinski definition) is 2. The molecule has 0 aromatic carbocycles. The molecule has 0 saturated heterocycles. The first kappa shape index (κ1) is 57.0. The van der Waals surface area contributed by atoms with E-state index in [1.54, 1.807) is 0 Å². The molecule has 2 unspecified atom stereocenters. The first-order chi connectivity index (χ1) is 28.5. The summed E-state index contributed by atoms with van der Waals surface area (Å²) in [4.78, 5) is 5.45. The normalized spacial score (nSPS) is 12.7. The van der Waals surface area contributed by atoms with Crippen LogP contribution in [0.1, 0.15) is 285 Å². The second kappa shape index (κ2) is 45.5. The molecule has 0 spiro atoms. The smallest absolute Gasteiger partial charge is 0.0286 e. The van der Waals surface area contributed by atoms with Crippen LogP contribution in [0.5, 0.6) is 0 Å². The van der Waals surface area contributed by atoms with Crippen LogP contribution in [0.2, 0.25) is 0 Å². The van der Waals surface area contributed by atoms with E-state index in [9.17, 15) is 0 Å². The molecule has 2 nitrogen and oxygen atoms in total. The van der Waals surface area contributed by atoms with Gasteiger partial charge in [0.1, 0.15) is 0 Å². The van der Waals surface area contributed by atoms with Gasteiger partial charge in [-0.25, -0.2) is 0 Å². The molecule has 2 atom stereocenters. The van der Waals surface area contributed by atoms with Gasteiger partial charge in [-0.2, -0.15) is 0 Å². The first-order valence-electron chi connectivity index (χ1n) is 26.9. The average Bonchev–Trinajstić information content (AvgIpc) is 3.23. The molecule has 0 amide bonds. The zero-order valence-electron chi connectivity index (χ0n) is 41.2. The predicted octanol–water partition coefficient (Wildman–Crippen LogP) is 19.1. The Balaban J connectivity index is 5.05. The lowest BCUT2D eigenvalue weighted by atomic mass is 9.88. The van der Waals surface area contributed by atoms with Crippen molar-refractivity contribution in [2.45, 2.75) is 291 Å². The molecule has 58 heavy (non-hydrogen) atoms. The summed E-state index contributed by atoms with van der Waals surface area (Å²) in [5.41, 5.74) is 2.99. The summed E-state index contributed by atoms with van der Waals surface area (Å²) in [6.45, 7) is 29.7. The molecule has 0 aromatic rings. The molecule has 0 rings (SSSR count). The Labute approximate surface area is 368 Å². The molecular weight excluding hydrogens is 701 g/mol. The van der Waals surface area contributed by atoms with Gasteiger partial charge in [0.25, 0.3) is 0 Å². The fourth-order valence-electron chi connectivity index (χ4n) is 9.34. The van der Waals surface area contributed by atoms with Crippen molar-refractivity contribution in [1.82, 2.24) is 9.80 Å². The van der Waals surface area contributed by atoms with Crippen molar-refractivity contribution in [3.8, 4) is 0 Å². The monoisotopic (exact) mass is 811 g/mol. The summed E-state index contributed by atoms with van der Waals surface area (Å²) in [6, 6.07) is 0.688. The summed E-state index contributed by atoms with van der Waals surface area (Å²) in [7, 11) is 0. The Morgan fingerprint density at radius 2 is 0.828 bits per heavy atom. The van der Waals surface area contributed by atoms with Gasteiger partial charge in [-0.15, -0.1) is 6.58 Å². The van der Waals surface area contributed by atoms with E-state index in [2.05, 4.69) is 63.7 Å². The lowest BCUT2D eigenvalue weighted by Gasteiger charge is -2.36. The number of nitrogens with zero attached hydrogens (tertiary/aromatic N) is 2. The molecule has 344 valence electrons. The van der Waals surface area contributed by atoms with Crippen LogP contribution in [0.25, 0.3) is 0 Å². The third-order valence-corrected chi connectivity index (χ3v) is 13.5. The Kier molecular flexibility index (Phi) is 44.7. The van der Waals surface area contributed by atoms with Crippen LogP contribution in [0.3, 0.4) is 0 Å². The Hall–Kier alpha value is -1.02. The van der Waals surface area contributed by atoms with E-state index in [0.29, 0.717) is 6.04 Å². The van der Waals surface area contributed by atoms with E-state index >= 15 is 0 Å². The molecule has 0 fully saturated rings. The van der Waals surface area contributed by atoms with Crippen molar-refractivity contribution in [3.05, 3.63) is 37.1 Å². The summed E-state index contributed by atoms with van der Waals surface area (Å²) in [5, 5.41) is 0. The fraction of sp³-hybridized carbons (Fsp3) is 0.893. The van der Waals surface area contributed by atoms with E-state index < -0.39 is 0 Å². The topological polar surface area (TPSA) is 6.48 Å². The Morgan fingerprint density at radius 3 is 1.38 bits per heavy atom. The van der Waals surface area contributed by atoms with Gasteiger partial charge >= 0.3 is 0 Å². The summed E-state index contributed by atoms with van der Waals surface area (Å²) >= 11 is 0. The van der Waals surface area contributed by atoms with Gasteiger partial charge in [-0.1, -0.05) is 233 Å². The second-order valence-corrected chi connectivity index (χ2v) is 18.9. The van der Waals surface area contributed by atoms with E-state index in [-0.39, 0.29) is 0 Å². The Bertz CT molecular complexity index is 857. The first-order valence-corrected chi connectivity index (χ1v) is 26.9. The van der Waals surface area contributed by atoms with Crippen molar-refractivity contribution >= 4 is 0 Å². The standard InChI is InChI=1S/C56H110N2/c1-9-15-19-22-24-26-27-32-38-47-56(58(52-41-34-30-25-23-20-16-10-2)54(8)44-40-42-51-57(13-5)14-6)48-39-33-29-28-31-36-43-53(7)49-50-55(45-35-18-12-4)46-37-21-17-11-3/h9,55-56H,1,7-8,10-52H2,2-6H3. The SMILES string of the molecule is C=CCCCCCCCCCC(CCCCCCCCC(=C)CCC(CCCCC)CCCCCC)N(CCCCCCCCCC)C(=C)CCCCN(CC)CC. The molecule has 0 aliphatic carbocycles. The number of hydrogen-bond donors (Lipinski definition) is 0. The Morgan fingerprint density at radius 1 is 0.414 bits per heavy atom.